The van der Waals surface area contributed by atoms with Gasteiger partial charge in [0.15, 0.2) is 6.10 Å². The first-order chi connectivity index (χ1) is 48.0. The van der Waals surface area contributed by atoms with Crippen LogP contribution in [0.4, 0.5) is 0 Å². The van der Waals surface area contributed by atoms with Gasteiger partial charge >= 0.3 is 11.9 Å². The number of ether oxygens (including phenoxy) is 2. The Labute approximate surface area is 612 Å². The molecule has 0 bridgehead atoms. The van der Waals surface area contributed by atoms with Crippen LogP contribution in [0.1, 0.15) is 476 Å². The molecule has 9 nitrogen and oxygen atoms in total. The fourth-order valence-electron chi connectivity index (χ4n) is 13.8. The second-order valence-corrected chi connectivity index (χ2v) is 33.0. The lowest BCUT2D eigenvalue weighted by molar-refractivity contribution is -0.870. The molecule has 0 heterocycles. The molecule has 2 unspecified atom stereocenters. The lowest BCUT2D eigenvalue weighted by Gasteiger charge is -2.28. The number of hydrogen-bond acceptors (Lipinski definition) is 8. The molecule has 0 aliphatic carbocycles. The summed E-state index contributed by atoms with van der Waals surface area (Å²) in [6, 6.07) is 0. The third-order valence-corrected chi connectivity index (χ3v) is 21.4. The number of phosphoric ester groups is 1. The second-order valence-electron chi connectivity index (χ2n) is 31.6. The van der Waals surface area contributed by atoms with Gasteiger partial charge < -0.3 is 27.9 Å². The van der Waals surface area contributed by atoms with Crippen molar-refractivity contribution in [1.29, 1.82) is 0 Å². The van der Waals surface area contributed by atoms with E-state index in [0.717, 1.165) is 38.5 Å². The summed E-state index contributed by atoms with van der Waals surface area (Å²) in [4.78, 5) is 38.2. The van der Waals surface area contributed by atoms with Crippen molar-refractivity contribution in [3.63, 3.8) is 0 Å². The summed E-state index contributed by atoms with van der Waals surface area (Å²) in [5, 5.41) is 0. The van der Waals surface area contributed by atoms with Crippen molar-refractivity contribution in [3.05, 3.63) is 24.3 Å². The zero-order chi connectivity index (χ0) is 71.1. The van der Waals surface area contributed by atoms with Crippen LogP contribution in [0.5, 0.6) is 0 Å². The quantitative estimate of drug-likeness (QED) is 0.0195. The van der Waals surface area contributed by atoms with Crippen molar-refractivity contribution in [2.24, 2.45) is 0 Å². The molecule has 582 valence electrons. The maximum atomic E-state index is 12.9. The minimum Gasteiger partial charge on any atom is -0.756 e. The zero-order valence-electron chi connectivity index (χ0n) is 66.8. The fraction of sp³-hybridized carbons (Fsp3) is 0.932. The Kier molecular flexibility index (Phi) is 78.4. The molecule has 0 aliphatic rings. The van der Waals surface area contributed by atoms with Crippen molar-refractivity contribution in [2.75, 3.05) is 47.5 Å². The van der Waals surface area contributed by atoms with Crippen LogP contribution in [0.25, 0.3) is 0 Å². The molecule has 98 heavy (non-hydrogen) atoms. The van der Waals surface area contributed by atoms with Crippen molar-refractivity contribution < 1.29 is 42.1 Å². The number of rotatable bonds is 84. The molecule has 0 amide bonds. The van der Waals surface area contributed by atoms with Gasteiger partial charge in [-0.25, -0.2) is 0 Å². The van der Waals surface area contributed by atoms with Gasteiger partial charge in [-0.2, -0.15) is 0 Å². The summed E-state index contributed by atoms with van der Waals surface area (Å²) >= 11 is 0. The molecule has 0 saturated heterocycles. The van der Waals surface area contributed by atoms with E-state index in [0.29, 0.717) is 17.4 Å². The number of unbranched alkanes of at least 4 members (excludes halogenated alkanes) is 66. The molecule has 0 aromatic carbocycles. The lowest BCUT2D eigenvalue weighted by atomic mass is 10.0. The number of allylic oxidation sites excluding steroid dienone is 4. The van der Waals surface area contributed by atoms with Crippen LogP contribution < -0.4 is 4.89 Å². The summed E-state index contributed by atoms with van der Waals surface area (Å²) in [5.74, 6) is -0.803. The molecule has 2 atom stereocenters. The van der Waals surface area contributed by atoms with Crippen molar-refractivity contribution in [3.8, 4) is 0 Å². The smallest absolute Gasteiger partial charge is 0.306 e. The maximum Gasteiger partial charge on any atom is 0.306 e. The monoisotopic (exact) mass is 1400 g/mol. The van der Waals surface area contributed by atoms with Gasteiger partial charge in [-0.1, -0.05) is 443 Å². The molecule has 0 N–H and O–H groups in total. The molecule has 0 radical (unpaired) electrons. The second kappa shape index (κ2) is 79.6. The van der Waals surface area contributed by atoms with Gasteiger partial charge in [0, 0.05) is 12.8 Å². The van der Waals surface area contributed by atoms with E-state index in [2.05, 4.69) is 38.2 Å². The SMILES string of the molecule is CCCCCCC/C=C\C/C=C\CCCCCCCCCCCCCCCCCCCCCCCC(=O)OC(COC(=O)CCCCCCCCCCCCCCCCCCCCCCCCCCCCCCCCCCCCCCCCCCC)COP(=O)([O-])OCC[N+](C)(C)C. The third kappa shape index (κ3) is 83.4. The number of likely N-dealkylation sites (N-methyl/N-ethyl adjacent to an activating group) is 1. The molecule has 10 heteroatoms. The van der Waals surface area contributed by atoms with Crippen LogP contribution in [0.15, 0.2) is 24.3 Å². The predicted molar refractivity (Wildman–Crippen MR) is 425 cm³/mol. The Balaban J connectivity index is 3.83. The highest BCUT2D eigenvalue weighted by molar-refractivity contribution is 7.45. The summed E-state index contributed by atoms with van der Waals surface area (Å²) in [5.41, 5.74) is 0. The largest absolute Gasteiger partial charge is 0.756 e. The zero-order valence-corrected chi connectivity index (χ0v) is 67.7. The lowest BCUT2D eigenvalue weighted by Crippen LogP contribution is -2.37. The Morgan fingerprint density at radius 3 is 0.806 bits per heavy atom. The fourth-order valence-corrected chi connectivity index (χ4v) is 14.5. The maximum absolute atomic E-state index is 12.9. The topological polar surface area (TPSA) is 111 Å². The highest BCUT2D eigenvalue weighted by Crippen LogP contribution is 2.38. The van der Waals surface area contributed by atoms with Gasteiger partial charge in [-0.15, -0.1) is 0 Å². The molecule has 0 aliphatic heterocycles. The Morgan fingerprint density at radius 1 is 0.316 bits per heavy atom. The highest BCUT2D eigenvalue weighted by Gasteiger charge is 2.22. The molecule has 0 saturated carbocycles. The van der Waals surface area contributed by atoms with Crippen LogP contribution in [0.3, 0.4) is 0 Å². The summed E-state index contributed by atoms with van der Waals surface area (Å²) in [6.07, 6.45) is 104. The van der Waals surface area contributed by atoms with E-state index in [-0.39, 0.29) is 32.0 Å². The first-order valence-electron chi connectivity index (χ1n) is 44.0. The minimum atomic E-state index is -4.64. The summed E-state index contributed by atoms with van der Waals surface area (Å²) in [7, 11) is 1.20. The van der Waals surface area contributed by atoms with E-state index in [1.54, 1.807) is 0 Å². The number of carbonyl (C=O) groups excluding carboxylic acids is 2. The molecule has 0 aromatic heterocycles. The highest BCUT2D eigenvalue weighted by atomic mass is 31.2. The first-order valence-corrected chi connectivity index (χ1v) is 45.5. The average Bonchev–Trinajstić information content (AvgIpc) is 1.08. The van der Waals surface area contributed by atoms with Crippen molar-refractivity contribution in [2.45, 2.75) is 482 Å². The van der Waals surface area contributed by atoms with E-state index in [1.807, 2.05) is 21.1 Å². The first kappa shape index (κ1) is 96.5. The average molecular weight is 1400 g/mol. The Morgan fingerprint density at radius 2 is 0.551 bits per heavy atom. The van der Waals surface area contributed by atoms with E-state index < -0.39 is 26.5 Å². The third-order valence-electron chi connectivity index (χ3n) is 20.5. The predicted octanol–water partition coefficient (Wildman–Crippen LogP) is 28.9. The molecule has 0 rings (SSSR count). The number of phosphoric acid groups is 1. The molecule has 0 spiro atoms. The summed E-state index contributed by atoms with van der Waals surface area (Å²) in [6.45, 7) is 4.33. The van der Waals surface area contributed by atoms with Crippen LogP contribution in [-0.4, -0.2) is 70.0 Å². The van der Waals surface area contributed by atoms with Crippen LogP contribution in [-0.2, 0) is 32.7 Å². The van der Waals surface area contributed by atoms with E-state index in [9.17, 15) is 19.0 Å². The minimum absolute atomic E-state index is 0.0263. The molecule has 0 aromatic rings. The van der Waals surface area contributed by atoms with Crippen molar-refractivity contribution >= 4 is 19.8 Å². The van der Waals surface area contributed by atoms with E-state index >= 15 is 0 Å². The number of carbonyl (C=O) groups is 2. The van der Waals surface area contributed by atoms with Gasteiger partial charge in [0.1, 0.15) is 19.8 Å². The van der Waals surface area contributed by atoms with Crippen molar-refractivity contribution in [1.82, 2.24) is 0 Å². The summed E-state index contributed by atoms with van der Waals surface area (Å²) < 4.78 is 34.5. The van der Waals surface area contributed by atoms with Crippen LogP contribution >= 0.6 is 7.82 Å². The number of hydrogen-bond donors (Lipinski definition) is 0. The molecule has 0 fully saturated rings. The van der Waals surface area contributed by atoms with Gasteiger partial charge in [-0.3, -0.25) is 14.2 Å². The number of quaternary nitrogens is 1. The van der Waals surface area contributed by atoms with Gasteiger partial charge in [-0.05, 0) is 44.9 Å². The molecular formula is C88H172NO8P. The number of nitrogens with zero attached hydrogens (tertiary/aromatic N) is 1. The van der Waals surface area contributed by atoms with Gasteiger partial charge in [0.05, 0.1) is 27.7 Å². The standard InChI is InChI=1S/C88H172NO8P/c1-6-8-10-12-14-16-18-20-22-24-26-28-30-32-34-36-38-40-41-42-43-44-45-46-47-49-50-52-54-56-58-60-62-64-66-68-70-72-74-76-78-80-87(90)94-84-86(85-96-98(92,93)95-83-82-89(3,4)5)97-88(91)81-79-77-75-73-71-69-67-65-63-61-59-57-55-53-51-48-39-37-35-33-31-29-27-25-23-21-19-17-15-13-11-9-7-2/h19,21,25,27,86H,6-18,20,22-24,26,28-85H2,1-5H3/b21-19-,27-25-. The van der Waals surface area contributed by atoms with Gasteiger partial charge in [0.25, 0.3) is 7.82 Å². The number of esters is 2. The van der Waals surface area contributed by atoms with Crippen LogP contribution in [0.2, 0.25) is 0 Å². The molecular weight excluding hydrogens is 1230 g/mol. The van der Waals surface area contributed by atoms with Crippen LogP contribution in [0, 0.1) is 0 Å². The van der Waals surface area contributed by atoms with Gasteiger partial charge in [0.2, 0.25) is 0 Å². The Bertz CT molecular complexity index is 1700. The van der Waals surface area contributed by atoms with E-state index in [4.69, 9.17) is 18.5 Å². The Hall–Kier alpha value is -1.51. The van der Waals surface area contributed by atoms with E-state index in [1.165, 1.54) is 405 Å². The normalized spacial score (nSPS) is 13.0.